The Kier molecular flexibility index (Phi) is 4.96. The fourth-order valence-corrected chi connectivity index (χ4v) is 3.33. The molecule has 0 spiro atoms. The van der Waals surface area contributed by atoms with E-state index >= 15 is 0 Å². The molecule has 3 rings (SSSR count). The summed E-state index contributed by atoms with van der Waals surface area (Å²) in [5, 5.41) is 0.734. The molecule has 0 fully saturated rings. The van der Waals surface area contributed by atoms with E-state index in [-0.39, 0.29) is 5.82 Å². The predicted molar refractivity (Wildman–Crippen MR) is 93.8 cm³/mol. The Labute approximate surface area is 143 Å². The van der Waals surface area contributed by atoms with Crippen LogP contribution in [0.15, 0.2) is 35.5 Å². The van der Waals surface area contributed by atoms with Crippen LogP contribution < -0.4 is 5.73 Å². The molecule has 5 nitrogen and oxygen atoms in total. The second-order valence-corrected chi connectivity index (χ2v) is 6.12. The standard InChI is InChI=1S/C17H16FN5S/c1-2-3-7-10-23-15-13(14(19)21-16(18)22-15)20-17(23)24-11-12-8-5-4-6-9-12/h1,4-6,8-9H,3,7,10-11H2,(H2,19,21,22). The SMILES string of the molecule is C#CCCCn1c(SCc2ccccc2)nc2c(N)nc(F)nc21. The van der Waals surface area contributed by atoms with Crippen molar-refractivity contribution in [2.45, 2.75) is 30.3 Å². The first-order valence-corrected chi connectivity index (χ1v) is 8.47. The van der Waals surface area contributed by atoms with Gasteiger partial charge in [-0.25, -0.2) is 4.98 Å². The van der Waals surface area contributed by atoms with Crippen molar-refractivity contribution in [1.29, 1.82) is 0 Å². The number of terminal acetylenes is 1. The lowest BCUT2D eigenvalue weighted by Gasteiger charge is -2.07. The van der Waals surface area contributed by atoms with Gasteiger partial charge >= 0.3 is 6.08 Å². The largest absolute Gasteiger partial charge is 0.382 e. The summed E-state index contributed by atoms with van der Waals surface area (Å²) in [6, 6.07) is 10.1. The van der Waals surface area contributed by atoms with E-state index in [0.717, 1.165) is 17.3 Å². The zero-order valence-corrected chi connectivity index (χ0v) is 13.8. The third kappa shape index (κ3) is 3.49. The fraction of sp³-hybridized carbons (Fsp3) is 0.235. The van der Waals surface area contributed by atoms with Gasteiger partial charge in [-0.1, -0.05) is 42.1 Å². The first-order chi connectivity index (χ1) is 11.7. The van der Waals surface area contributed by atoms with E-state index in [1.807, 2.05) is 34.9 Å². The molecule has 0 aliphatic rings. The highest BCUT2D eigenvalue weighted by atomic mass is 32.2. The van der Waals surface area contributed by atoms with Crippen molar-refractivity contribution >= 4 is 28.7 Å². The fourth-order valence-electron chi connectivity index (χ4n) is 2.35. The molecule has 2 N–H and O–H groups in total. The molecule has 2 aromatic heterocycles. The molecule has 122 valence electrons. The summed E-state index contributed by atoms with van der Waals surface area (Å²) in [4.78, 5) is 11.9. The van der Waals surface area contributed by atoms with Crippen LogP contribution in [-0.4, -0.2) is 19.5 Å². The van der Waals surface area contributed by atoms with Gasteiger partial charge in [-0.05, 0) is 12.0 Å². The molecule has 3 aromatic rings. The van der Waals surface area contributed by atoms with E-state index < -0.39 is 6.08 Å². The van der Waals surface area contributed by atoms with Crippen molar-refractivity contribution in [2.24, 2.45) is 0 Å². The molecule has 0 atom stereocenters. The molecule has 0 amide bonds. The van der Waals surface area contributed by atoms with Crippen LogP contribution in [0.5, 0.6) is 0 Å². The molecule has 0 radical (unpaired) electrons. The first kappa shape index (κ1) is 16.3. The van der Waals surface area contributed by atoms with Crippen molar-refractivity contribution in [3.63, 3.8) is 0 Å². The Bertz CT molecular complexity index is 885. The van der Waals surface area contributed by atoms with Gasteiger partial charge in [0.2, 0.25) is 0 Å². The Hall–Kier alpha value is -2.59. The minimum Gasteiger partial charge on any atom is -0.382 e. The summed E-state index contributed by atoms with van der Waals surface area (Å²) in [5.74, 6) is 3.40. The number of benzene rings is 1. The van der Waals surface area contributed by atoms with Crippen LogP contribution in [0.4, 0.5) is 10.2 Å². The number of hydrogen-bond acceptors (Lipinski definition) is 5. The van der Waals surface area contributed by atoms with Gasteiger partial charge in [0, 0.05) is 18.7 Å². The monoisotopic (exact) mass is 341 g/mol. The Morgan fingerprint density at radius 1 is 1.21 bits per heavy atom. The number of imidazole rings is 1. The van der Waals surface area contributed by atoms with Gasteiger partial charge in [-0.3, -0.25) is 0 Å². The van der Waals surface area contributed by atoms with E-state index in [0.29, 0.717) is 24.1 Å². The van der Waals surface area contributed by atoms with Crippen molar-refractivity contribution in [3.8, 4) is 12.3 Å². The molecule has 1 aromatic carbocycles. The minimum absolute atomic E-state index is 0.0507. The summed E-state index contributed by atoms with van der Waals surface area (Å²) in [5.41, 5.74) is 7.80. The summed E-state index contributed by atoms with van der Waals surface area (Å²) < 4.78 is 15.4. The normalized spacial score (nSPS) is 10.8. The maximum absolute atomic E-state index is 13.5. The summed E-state index contributed by atoms with van der Waals surface area (Å²) in [6.07, 6.45) is 5.85. The third-order valence-corrected chi connectivity index (χ3v) is 4.52. The van der Waals surface area contributed by atoms with E-state index in [9.17, 15) is 4.39 Å². The molecular formula is C17H16FN5S. The quantitative estimate of drug-likeness (QED) is 0.322. The molecule has 0 unspecified atom stereocenters. The van der Waals surface area contributed by atoms with Gasteiger partial charge in [-0.15, -0.1) is 12.3 Å². The van der Waals surface area contributed by atoms with Crippen molar-refractivity contribution in [2.75, 3.05) is 5.73 Å². The smallest absolute Gasteiger partial charge is 0.312 e. The number of rotatable bonds is 6. The van der Waals surface area contributed by atoms with Crippen LogP contribution in [0.25, 0.3) is 11.2 Å². The number of hydrogen-bond donors (Lipinski definition) is 1. The summed E-state index contributed by atoms with van der Waals surface area (Å²) in [6.45, 7) is 0.605. The van der Waals surface area contributed by atoms with Gasteiger partial charge in [0.15, 0.2) is 22.1 Å². The lowest BCUT2D eigenvalue weighted by Crippen LogP contribution is -2.04. The first-order valence-electron chi connectivity index (χ1n) is 7.48. The maximum atomic E-state index is 13.5. The van der Waals surface area contributed by atoms with Gasteiger partial charge < -0.3 is 10.3 Å². The summed E-state index contributed by atoms with van der Waals surface area (Å²) in [7, 11) is 0. The van der Waals surface area contributed by atoms with Crippen molar-refractivity contribution in [3.05, 3.63) is 42.0 Å². The van der Waals surface area contributed by atoms with Gasteiger partial charge in [0.05, 0.1) is 0 Å². The molecule has 24 heavy (non-hydrogen) atoms. The Balaban J connectivity index is 1.94. The van der Waals surface area contributed by atoms with Crippen LogP contribution in [0.3, 0.4) is 0 Å². The van der Waals surface area contributed by atoms with Crippen LogP contribution in [0.2, 0.25) is 0 Å². The molecule has 0 aliphatic heterocycles. The highest BCUT2D eigenvalue weighted by Crippen LogP contribution is 2.28. The highest BCUT2D eigenvalue weighted by molar-refractivity contribution is 7.98. The van der Waals surface area contributed by atoms with E-state index in [1.54, 1.807) is 11.8 Å². The van der Waals surface area contributed by atoms with E-state index in [1.165, 1.54) is 5.56 Å². The number of anilines is 1. The number of fused-ring (bicyclic) bond motifs is 1. The summed E-state index contributed by atoms with van der Waals surface area (Å²) >= 11 is 1.55. The van der Waals surface area contributed by atoms with Crippen LogP contribution >= 0.6 is 11.8 Å². The minimum atomic E-state index is -0.849. The lowest BCUT2D eigenvalue weighted by atomic mass is 10.2. The number of nitrogen functional groups attached to an aromatic ring is 1. The van der Waals surface area contributed by atoms with E-state index in [2.05, 4.69) is 20.9 Å². The van der Waals surface area contributed by atoms with Crippen molar-refractivity contribution < 1.29 is 4.39 Å². The lowest BCUT2D eigenvalue weighted by molar-refractivity contribution is 0.539. The number of aromatic nitrogens is 4. The Morgan fingerprint density at radius 2 is 2.00 bits per heavy atom. The third-order valence-electron chi connectivity index (χ3n) is 3.47. The number of unbranched alkanes of at least 4 members (excludes halogenated alkanes) is 1. The zero-order valence-electron chi connectivity index (χ0n) is 12.9. The molecule has 7 heteroatoms. The number of nitrogens with two attached hydrogens (primary N) is 1. The number of aryl methyl sites for hydroxylation is 1. The van der Waals surface area contributed by atoms with Crippen LogP contribution in [0.1, 0.15) is 18.4 Å². The van der Waals surface area contributed by atoms with Crippen LogP contribution in [-0.2, 0) is 12.3 Å². The zero-order chi connectivity index (χ0) is 16.9. The molecule has 0 saturated heterocycles. The molecular weight excluding hydrogens is 325 g/mol. The predicted octanol–water partition coefficient (Wildman–Crippen LogP) is 3.25. The second kappa shape index (κ2) is 7.32. The maximum Gasteiger partial charge on any atom is 0.312 e. The number of thioether (sulfide) groups is 1. The van der Waals surface area contributed by atoms with Gasteiger partial charge in [0.25, 0.3) is 0 Å². The molecule has 0 saturated carbocycles. The Morgan fingerprint density at radius 3 is 2.75 bits per heavy atom. The number of halogens is 1. The average molecular weight is 341 g/mol. The molecule has 0 bridgehead atoms. The topological polar surface area (TPSA) is 69.6 Å². The highest BCUT2D eigenvalue weighted by Gasteiger charge is 2.17. The van der Waals surface area contributed by atoms with Crippen molar-refractivity contribution in [1.82, 2.24) is 19.5 Å². The van der Waals surface area contributed by atoms with Gasteiger partial charge in [0.1, 0.15) is 0 Å². The molecule has 0 aliphatic carbocycles. The molecule has 2 heterocycles. The van der Waals surface area contributed by atoms with Gasteiger partial charge in [-0.2, -0.15) is 14.4 Å². The van der Waals surface area contributed by atoms with E-state index in [4.69, 9.17) is 12.2 Å². The number of nitrogens with zero attached hydrogens (tertiary/aromatic N) is 4. The van der Waals surface area contributed by atoms with Crippen LogP contribution in [0, 0.1) is 18.4 Å². The average Bonchev–Trinajstić information content (AvgIpc) is 2.92. The second-order valence-electron chi connectivity index (χ2n) is 5.18.